The molecule has 6 heteroatoms. The van der Waals surface area contributed by atoms with Crippen LogP contribution in [0.15, 0.2) is 48.5 Å². The Morgan fingerprint density at radius 3 is 2.44 bits per heavy atom. The largest absolute Gasteiger partial charge is 0.366 e. The summed E-state index contributed by atoms with van der Waals surface area (Å²) >= 11 is 0. The fourth-order valence-electron chi connectivity index (χ4n) is 2.45. The van der Waals surface area contributed by atoms with Gasteiger partial charge < -0.3 is 10.6 Å². The topological polar surface area (TPSA) is 49.8 Å². The Kier molecular flexibility index (Phi) is 4.88. The summed E-state index contributed by atoms with van der Waals surface area (Å²) in [6, 6.07) is 13.1. The number of halogens is 2. The van der Waals surface area contributed by atoms with Gasteiger partial charge >= 0.3 is 0 Å². The smallest absolute Gasteiger partial charge is 0.149 e. The average molecular weight is 340 g/mol. The fraction of sp³-hybridized carbons (Fsp3) is 0.158. The van der Waals surface area contributed by atoms with Crippen molar-refractivity contribution in [2.75, 3.05) is 10.6 Å². The second-order valence-electron chi connectivity index (χ2n) is 5.71. The maximum absolute atomic E-state index is 13.8. The second kappa shape index (κ2) is 7.25. The first-order valence-electron chi connectivity index (χ1n) is 7.87. The number of nitrogens with zero attached hydrogens (tertiary/aromatic N) is 2. The highest BCUT2D eigenvalue weighted by atomic mass is 19.1. The first kappa shape index (κ1) is 16.8. The fourth-order valence-corrected chi connectivity index (χ4v) is 2.45. The standard InChI is InChI=1S/C19H18F2N4/c1-12-5-3-4-6-14(12)11-22-18-10-19(24-13(2)23-18)25-17-8-7-15(20)9-16(17)21/h3-10H,11H2,1-2H3,(H2,22,23,24,25). The van der Waals surface area contributed by atoms with Gasteiger partial charge in [-0.2, -0.15) is 0 Å². The molecule has 3 aromatic rings. The van der Waals surface area contributed by atoms with Crippen molar-refractivity contribution in [2.24, 2.45) is 0 Å². The van der Waals surface area contributed by atoms with Crippen LogP contribution in [0.5, 0.6) is 0 Å². The lowest BCUT2D eigenvalue weighted by molar-refractivity contribution is 0.586. The molecule has 2 aromatic carbocycles. The summed E-state index contributed by atoms with van der Waals surface area (Å²) in [6.45, 7) is 4.42. The quantitative estimate of drug-likeness (QED) is 0.705. The molecule has 2 N–H and O–H groups in total. The van der Waals surface area contributed by atoms with Crippen molar-refractivity contribution in [1.82, 2.24) is 9.97 Å². The van der Waals surface area contributed by atoms with Gasteiger partial charge in [-0.15, -0.1) is 0 Å². The Bertz CT molecular complexity index is 896. The van der Waals surface area contributed by atoms with Gasteiger partial charge in [0.25, 0.3) is 0 Å². The molecule has 1 heterocycles. The number of anilines is 3. The zero-order valence-corrected chi connectivity index (χ0v) is 14.0. The molecule has 4 nitrogen and oxygen atoms in total. The van der Waals surface area contributed by atoms with Crippen molar-refractivity contribution < 1.29 is 8.78 Å². The van der Waals surface area contributed by atoms with Crippen molar-refractivity contribution in [3.05, 3.63) is 77.1 Å². The number of benzene rings is 2. The second-order valence-corrected chi connectivity index (χ2v) is 5.71. The first-order valence-corrected chi connectivity index (χ1v) is 7.87. The zero-order chi connectivity index (χ0) is 17.8. The van der Waals surface area contributed by atoms with Crippen LogP contribution in [0.1, 0.15) is 17.0 Å². The van der Waals surface area contributed by atoms with Crippen LogP contribution in [0.3, 0.4) is 0 Å². The van der Waals surface area contributed by atoms with Gasteiger partial charge in [0, 0.05) is 18.7 Å². The van der Waals surface area contributed by atoms with E-state index < -0.39 is 11.6 Å². The van der Waals surface area contributed by atoms with Crippen LogP contribution >= 0.6 is 0 Å². The molecule has 0 aliphatic carbocycles. The minimum atomic E-state index is -0.675. The summed E-state index contributed by atoms with van der Waals surface area (Å²) in [5.74, 6) is 0.305. The van der Waals surface area contributed by atoms with E-state index in [9.17, 15) is 8.78 Å². The number of hydrogen-bond acceptors (Lipinski definition) is 4. The molecule has 0 amide bonds. The number of rotatable bonds is 5. The first-order chi connectivity index (χ1) is 12.0. The van der Waals surface area contributed by atoms with Crippen LogP contribution in [-0.2, 0) is 6.54 Å². The van der Waals surface area contributed by atoms with E-state index in [-0.39, 0.29) is 5.69 Å². The van der Waals surface area contributed by atoms with Crippen molar-refractivity contribution >= 4 is 17.3 Å². The molecule has 0 saturated heterocycles. The Hall–Kier alpha value is -3.02. The van der Waals surface area contributed by atoms with E-state index in [1.54, 1.807) is 13.0 Å². The summed E-state index contributed by atoms with van der Waals surface area (Å²) in [4.78, 5) is 8.58. The van der Waals surface area contributed by atoms with Gasteiger partial charge in [-0.25, -0.2) is 18.7 Å². The molecule has 0 unspecified atom stereocenters. The minimum Gasteiger partial charge on any atom is -0.366 e. The van der Waals surface area contributed by atoms with Crippen LogP contribution < -0.4 is 10.6 Å². The van der Waals surface area contributed by atoms with Gasteiger partial charge in [0.2, 0.25) is 0 Å². The lowest BCUT2D eigenvalue weighted by Crippen LogP contribution is -2.06. The molecule has 1 aromatic heterocycles. The molecule has 3 rings (SSSR count). The van der Waals surface area contributed by atoms with Crippen molar-refractivity contribution in [3.63, 3.8) is 0 Å². The molecule has 128 valence electrons. The van der Waals surface area contributed by atoms with Crippen LogP contribution in [0.4, 0.5) is 26.1 Å². The number of hydrogen-bond donors (Lipinski definition) is 2. The molecule has 0 radical (unpaired) electrons. The van der Waals surface area contributed by atoms with E-state index in [0.717, 1.165) is 11.6 Å². The molecular weight excluding hydrogens is 322 g/mol. The summed E-state index contributed by atoms with van der Waals surface area (Å²) in [6.07, 6.45) is 0. The average Bonchev–Trinajstić information content (AvgIpc) is 2.56. The summed E-state index contributed by atoms with van der Waals surface area (Å²) in [5.41, 5.74) is 2.51. The third-order valence-electron chi connectivity index (χ3n) is 3.75. The van der Waals surface area contributed by atoms with E-state index in [0.29, 0.717) is 24.0 Å². The van der Waals surface area contributed by atoms with Gasteiger partial charge in [-0.3, -0.25) is 0 Å². The predicted octanol–water partition coefficient (Wildman–Crippen LogP) is 4.73. The number of nitrogens with one attached hydrogen (secondary N) is 2. The van der Waals surface area contributed by atoms with E-state index in [1.807, 2.05) is 31.2 Å². The SMILES string of the molecule is Cc1nc(NCc2ccccc2C)cc(Nc2ccc(F)cc2F)n1. The maximum Gasteiger partial charge on any atom is 0.149 e. The van der Waals surface area contributed by atoms with Crippen LogP contribution in [0.2, 0.25) is 0 Å². The maximum atomic E-state index is 13.8. The van der Waals surface area contributed by atoms with Crippen LogP contribution in [0, 0.1) is 25.5 Å². The Balaban J connectivity index is 1.77. The van der Waals surface area contributed by atoms with E-state index in [4.69, 9.17) is 0 Å². The van der Waals surface area contributed by atoms with Crippen LogP contribution in [-0.4, -0.2) is 9.97 Å². The van der Waals surface area contributed by atoms with Crippen LogP contribution in [0.25, 0.3) is 0 Å². The minimum absolute atomic E-state index is 0.157. The van der Waals surface area contributed by atoms with Crippen molar-refractivity contribution in [1.29, 1.82) is 0 Å². The normalized spacial score (nSPS) is 10.6. The lowest BCUT2D eigenvalue weighted by atomic mass is 10.1. The predicted molar refractivity (Wildman–Crippen MR) is 94.9 cm³/mol. The lowest BCUT2D eigenvalue weighted by Gasteiger charge is -2.12. The molecular formula is C19H18F2N4. The van der Waals surface area contributed by atoms with E-state index in [1.165, 1.54) is 17.7 Å². The molecule has 0 saturated carbocycles. The highest BCUT2D eigenvalue weighted by Gasteiger charge is 2.07. The number of aryl methyl sites for hydroxylation is 2. The summed E-state index contributed by atoms with van der Waals surface area (Å²) < 4.78 is 26.8. The highest BCUT2D eigenvalue weighted by Crippen LogP contribution is 2.21. The Morgan fingerprint density at radius 2 is 1.68 bits per heavy atom. The zero-order valence-electron chi connectivity index (χ0n) is 14.0. The Labute approximate surface area is 145 Å². The van der Waals surface area contributed by atoms with Gasteiger partial charge in [0.15, 0.2) is 0 Å². The summed E-state index contributed by atoms with van der Waals surface area (Å²) in [5, 5.41) is 6.11. The van der Waals surface area contributed by atoms with Gasteiger partial charge in [0.05, 0.1) is 5.69 Å². The highest BCUT2D eigenvalue weighted by molar-refractivity contribution is 5.59. The molecule has 0 fully saturated rings. The van der Waals surface area contributed by atoms with Gasteiger partial charge in [-0.1, -0.05) is 24.3 Å². The Morgan fingerprint density at radius 1 is 0.920 bits per heavy atom. The number of aromatic nitrogens is 2. The molecule has 0 aliphatic heterocycles. The van der Waals surface area contributed by atoms with Crippen molar-refractivity contribution in [3.8, 4) is 0 Å². The molecule has 0 bridgehead atoms. The molecule has 0 atom stereocenters. The van der Waals surface area contributed by atoms with E-state index in [2.05, 4.69) is 20.6 Å². The third kappa shape index (κ3) is 4.29. The van der Waals surface area contributed by atoms with Gasteiger partial charge in [-0.05, 0) is 37.1 Å². The third-order valence-corrected chi connectivity index (χ3v) is 3.75. The molecule has 25 heavy (non-hydrogen) atoms. The summed E-state index contributed by atoms with van der Waals surface area (Å²) in [7, 11) is 0. The van der Waals surface area contributed by atoms with Crippen molar-refractivity contribution in [2.45, 2.75) is 20.4 Å². The van der Waals surface area contributed by atoms with Gasteiger partial charge in [0.1, 0.15) is 29.1 Å². The molecule has 0 spiro atoms. The van der Waals surface area contributed by atoms with E-state index >= 15 is 0 Å². The monoisotopic (exact) mass is 340 g/mol. The molecule has 0 aliphatic rings.